The molecule has 8 atom stereocenters. The second kappa shape index (κ2) is 10.9. The molecule has 4 aliphatic carbocycles. The molecule has 0 N–H and O–H groups in total. The van der Waals surface area contributed by atoms with Crippen molar-refractivity contribution in [3.63, 3.8) is 0 Å². The van der Waals surface area contributed by atoms with Crippen LogP contribution in [0.3, 0.4) is 0 Å². The van der Waals surface area contributed by atoms with Gasteiger partial charge in [0.05, 0.1) is 12.5 Å². The quantitative estimate of drug-likeness (QED) is 0.252. The summed E-state index contributed by atoms with van der Waals surface area (Å²) in [5.41, 5.74) is 3.92. The smallest absolute Gasteiger partial charge is 0.185 e. The largest absolute Gasteiger partial charge is 0.465 e. The van der Waals surface area contributed by atoms with Crippen LogP contribution in [-0.2, 0) is 4.79 Å². The SMILES string of the molecule is CC(C)[C@@H](C)CC[C@@H](C)C1CCC2C3=CC[C@H]4/C(=C/c5ccco5)C(=O)/C(=C\c5ccco5)CC4(C)C3CCC21C. The molecule has 0 spiro atoms. The summed E-state index contributed by atoms with van der Waals surface area (Å²) >= 11 is 0. The summed E-state index contributed by atoms with van der Waals surface area (Å²) < 4.78 is 11.4. The highest BCUT2D eigenvalue weighted by Gasteiger charge is 2.59. The molecule has 3 saturated carbocycles. The van der Waals surface area contributed by atoms with Crippen molar-refractivity contribution < 1.29 is 13.6 Å². The summed E-state index contributed by atoms with van der Waals surface area (Å²) in [6.07, 6.45) is 19.7. The molecule has 0 bridgehead atoms. The molecular formula is C38H50O3. The first-order valence-electron chi connectivity index (χ1n) is 16.4. The fraction of sp³-hybridized carbons (Fsp3) is 0.605. The van der Waals surface area contributed by atoms with Crippen LogP contribution in [0.5, 0.6) is 0 Å². The van der Waals surface area contributed by atoms with Crippen LogP contribution < -0.4 is 0 Å². The summed E-state index contributed by atoms with van der Waals surface area (Å²) in [6, 6.07) is 7.71. The Balaban J connectivity index is 1.32. The van der Waals surface area contributed by atoms with Crippen LogP contribution in [0.4, 0.5) is 0 Å². The first-order chi connectivity index (χ1) is 19.6. The van der Waals surface area contributed by atoms with Crippen LogP contribution in [0, 0.1) is 52.3 Å². The number of allylic oxidation sites excluding steroid dienone is 4. The van der Waals surface area contributed by atoms with Crippen molar-refractivity contribution in [1.82, 2.24) is 0 Å². The molecule has 0 amide bonds. The second-order valence-corrected chi connectivity index (χ2v) is 14.9. The first kappa shape index (κ1) is 28.6. The van der Waals surface area contributed by atoms with E-state index in [1.807, 2.05) is 36.4 Å². The number of rotatable bonds is 7. The lowest BCUT2D eigenvalue weighted by Gasteiger charge is -2.57. The van der Waals surface area contributed by atoms with E-state index in [4.69, 9.17) is 8.83 Å². The van der Waals surface area contributed by atoms with Gasteiger partial charge in [-0.1, -0.05) is 66.0 Å². The molecule has 0 saturated heterocycles. The third kappa shape index (κ3) is 4.96. The number of ketones is 1. The summed E-state index contributed by atoms with van der Waals surface area (Å²) in [5.74, 6) is 6.26. The molecule has 5 unspecified atom stereocenters. The lowest BCUT2D eigenvalue weighted by molar-refractivity contribution is -0.115. The molecule has 2 aromatic rings. The molecule has 2 aromatic heterocycles. The Kier molecular flexibility index (Phi) is 7.62. The summed E-state index contributed by atoms with van der Waals surface area (Å²) in [6.45, 7) is 14.8. The Labute approximate surface area is 247 Å². The molecule has 3 nitrogen and oxygen atoms in total. The van der Waals surface area contributed by atoms with Crippen LogP contribution in [0.25, 0.3) is 12.2 Å². The molecule has 0 aliphatic heterocycles. The topological polar surface area (TPSA) is 43.4 Å². The highest BCUT2D eigenvalue weighted by molar-refractivity contribution is 6.14. The van der Waals surface area contributed by atoms with Gasteiger partial charge in [-0.3, -0.25) is 4.79 Å². The monoisotopic (exact) mass is 554 g/mol. The van der Waals surface area contributed by atoms with E-state index in [1.54, 1.807) is 18.1 Å². The molecule has 41 heavy (non-hydrogen) atoms. The van der Waals surface area contributed by atoms with Gasteiger partial charge < -0.3 is 8.83 Å². The van der Waals surface area contributed by atoms with Crippen LogP contribution in [-0.4, -0.2) is 5.78 Å². The zero-order chi connectivity index (χ0) is 28.9. The maximum atomic E-state index is 14.0. The average Bonchev–Trinajstić information content (AvgIpc) is 3.71. The Hall–Kier alpha value is -2.55. The van der Waals surface area contributed by atoms with Crippen LogP contribution in [0.15, 0.2) is 68.4 Å². The third-order valence-corrected chi connectivity index (χ3v) is 12.5. The van der Waals surface area contributed by atoms with E-state index in [1.165, 1.54) is 38.5 Å². The van der Waals surface area contributed by atoms with E-state index in [-0.39, 0.29) is 17.1 Å². The van der Waals surface area contributed by atoms with Crippen LogP contribution in [0.2, 0.25) is 0 Å². The molecule has 0 radical (unpaired) electrons. The Bertz CT molecular complexity index is 1320. The van der Waals surface area contributed by atoms with Crippen molar-refractivity contribution in [2.45, 2.75) is 92.9 Å². The molecule has 2 heterocycles. The van der Waals surface area contributed by atoms with Crippen molar-refractivity contribution in [1.29, 1.82) is 0 Å². The van der Waals surface area contributed by atoms with Gasteiger partial charge in [0, 0.05) is 11.1 Å². The van der Waals surface area contributed by atoms with E-state index in [2.05, 4.69) is 47.6 Å². The second-order valence-electron chi connectivity index (χ2n) is 14.9. The number of carbonyl (C=O) groups excluding carboxylic acids is 1. The normalized spacial score (nSPS) is 36.7. The van der Waals surface area contributed by atoms with Crippen molar-refractivity contribution in [3.05, 3.63) is 71.1 Å². The predicted octanol–water partition coefficient (Wildman–Crippen LogP) is 10.4. The maximum Gasteiger partial charge on any atom is 0.185 e. The number of furan rings is 2. The van der Waals surface area contributed by atoms with Crippen molar-refractivity contribution >= 4 is 17.9 Å². The molecule has 0 aromatic carbocycles. The Morgan fingerprint density at radius 3 is 2.22 bits per heavy atom. The fourth-order valence-electron chi connectivity index (χ4n) is 9.71. The van der Waals surface area contributed by atoms with Crippen molar-refractivity contribution in [2.24, 2.45) is 52.3 Å². The number of fused-ring (bicyclic) bond motifs is 5. The standard InChI is InChI=1S/C38H50O3/c1-24(2)25(3)11-12-26(4)32-15-16-33-30-13-14-34-31(22-29-10-8-20-41-29)36(39)27(21-28-9-7-19-40-28)23-38(34,6)35(30)17-18-37(32,33)5/h7-10,13,19-22,24-26,32-35H,11-12,14-18,23H2,1-6H3/b27-21-,31-22-/t25-,26+,32?,33?,34-,35?,37?,38?/m0/s1. The van der Waals surface area contributed by atoms with E-state index in [9.17, 15) is 4.79 Å². The van der Waals surface area contributed by atoms with Gasteiger partial charge in [0.1, 0.15) is 11.5 Å². The zero-order valence-corrected chi connectivity index (χ0v) is 26.1. The molecule has 3 heteroatoms. The fourth-order valence-corrected chi connectivity index (χ4v) is 9.71. The van der Waals surface area contributed by atoms with Crippen molar-refractivity contribution in [3.8, 4) is 0 Å². The minimum Gasteiger partial charge on any atom is -0.465 e. The number of Topliss-reactive ketones (excluding diaryl/α,β-unsaturated/α-hetero) is 1. The molecule has 220 valence electrons. The van der Waals surface area contributed by atoms with Crippen LogP contribution >= 0.6 is 0 Å². The number of carbonyl (C=O) groups is 1. The van der Waals surface area contributed by atoms with Gasteiger partial charge in [-0.2, -0.15) is 0 Å². The lowest BCUT2D eigenvalue weighted by Crippen LogP contribution is -2.50. The maximum absolute atomic E-state index is 14.0. The van der Waals surface area contributed by atoms with E-state index in [0.29, 0.717) is 17.3 Å². The number of hydrogen-bond acceptors (Lipinski definition) is 3. The van der Waals surface area contributed by atoms with Crippen molar-refractivity contribution in [2.75, 3.05) is 0 Å². The molecule has 6 rings (SSSR count). The van der Waals surface area contributed by atoms with Gasteiger partial charge in [0.2, 0.25) is 0 Å². The molecule has 3 fully saturated rings. The minimum atomic E-state index is 0.00652. The first-order valence-corrected chi connectivity index (χ1v) is 16.4. The third-order valence-electron chi connectivity index (χ3n) is 12.5. The van der Waals surface area contributed by atoms with Gasteiger partial charge in [-0.15, -0.1) is 0 Å². The lowest BCUT2D eigenvalue weighted by atomic mass is 9.46. The van der Waals surface area contributed by atoms with Gasteiger partial charge in [-0.05, 0) is 127 Å². The summed E-state index contributed by atoms with van der Waals surface area (Å²) in [4.78, 5) is 14.0. The zero-order valence-electron chi connectivity index (χ0n) is 26.1. The molecule has 4 aliphatic rings. The van der Waals surface area contributed by atoms with E-state index < -0.39 is 0 Å². The highest BCUT2D eigenvalue weighted by atomic mass is 16.3. The Morgan fingerprint density at radius 2 is 1.56 bits per heavy atom. The van der Waals surface area contributed by atoms with E-state index >= 15 is 0 Å². The van der Waals surface area contributed by atoms with Gasteiger partial charge in [0.25, 0.3) is 0 Å². The van der Waals surface area contributed by atoms with Gasteiger partial charge >= 0.3 is 0 Å². The summed E-state index contributed by atoms with van der Waals surface area (Å²) in [7, 11) is 0. The van der Waals surface area contributed by atoms with E-state index in [0.717, 1.165) is 59.2 Å². The van der Waals surface area contributed by atoms with Crippen LogP contribution in [0.1, 0.15) is 104 Å². The number of hydrogen-bond donors (Lipinski definition) is 0. The molecular weight excluding hydrogens is 504 g/mol. The predicted molar refractivity (Wildman–Crippen MR) is 167 cm³/mol. The highest BCUT2D eigenvalue weighted by Crippen LogP contribution is 2.67. The van der Waals surface area contributed by atoms with Gasteiger partial charge in [-0.25, -0.2) is 0 Å². The average molecular weight is 555 g/mol. The van der Waals surface area contributed by atoms with Gasteiger partial charge in [0.15, 0.2) is 5.78 Å². The Morgan fingerprint density at radius 1 is 0.878 bits per heavy atom. The summed E-state index contributed by atoms with van der Waals surface area (Å²) in [5, 5.41) is 0. The minimum absolute atomic E-state index is 0.00652.